The first kappa shape index (κ1) is 7.09. The molecule has 0 aliphatic carbocycles. The van der Waals surface area contributed by atoms with E-state index in [1.807, 2.05) is 0 Å². The minimum atomic E-state index is -0.212. The van der Waals surface area contributed by atoms with Crippen molar-refractivity contribution in [3.05, 3.63) is 23.5 Å². The van der Waals surface area contributed by atoms with Crippen LogP contribution < -0.4 is 0 Å². The van der Waals surface area contributed by atoms with E-state index in [1.54, 1.807) is 24.0 Å². The Hall–Kier alpha value is -1.58. The number of carbonyl (C=O) groups excluding carboxylic acids is 2. The molecule has 1 aliphatic heterocycles. The molecule has 1 aliphatic rings. The first-order valence-corrected chi connectivity index (χ1v) is 3.59. The molecule has 0 spiro atoms. The standard InChI is InChI=1S/C8H8N2O2/c1-9-3-5-6(4-9)8(12)10(2)7(5)11/h3-4H,1-2H3. The fraction of sp³-hybridized carbons (Fsp3) is 0.250. The van der Waals surface area contributed by atoms with Gasteiger partial charge >= 0.3 is 0 Å². The number of fused-ring (bicyclic) bond motifs is 1. The summed E-state index contributed by atoms with van der Waals surface area (Å²) in [5.74, 6) is -0.425. The third-order valence-corrected chi connectivity index (χ3v) is 2.03. The van der Waals surface area contributed by atoms with Crippen molar-refractivity contribution in [2.75, 3.05) is 7.05 Å². The van der Waals surface area contributed by atoms with Gasteiger partial charge in [-0.05, 0) is 0 Å². The normalized spacial score (nSPS) is 15.7. The van der Waals surface area contributed by atoms with E-state index < -0.39 is 0 Å². The predicted octanol–water partition coefficient (Wildman–Crippen LogP) is 0.251. The summed E-state index contributed by atoms with van der Waals surface area (Å²) in [6.45, 7) is 0. The zero-order valence-electron chi connectivity index (χ0n) is 6.87. The molecular weight excluding hydrogens is 156 g/mol. The summed E-state index contributed by atoms with van der Waals surface area (Å²) >= 11 is 0. The maximum Gasteiger partial charge on any atom is 0.262 e. The van der Waals surface area contributed by atoms with Crippen LogP contribution in [0.15, 0.2) is 12.4 Å². The second kappa shape index (κ2) is 1.97. The smallest absolute Gasteiger partial charge is 0.262 e. The molecule has 2 heterocycles. The van der Waals surface area contributed by atoms with E-state index in [0.717, 1.165) is 4.90 Å². The number of imide groups is 1. The van der Waals surface area contributed by atoms with Gasteiger partial charge in [0.15, 0.2) is 0 Å². The van der Waals surface area contributed by atoms with Gasteiger partial charge in [-0.2, -0.15) is 0 Å². The Morgan fingerprint density at radius 2 is 1.42 bits per heavy atom. The van der Waals surface area contributed by atoms with Crippen molar-refractivity contribution in [1.29, 1.82) is 0 Å². The number of hydrogen-bond donors (Lipinski definition) is 0. The lowest BCUT2D eigenvalue weighted by Gasteiger charge is -2.04. The van der Waals surface area contributed by atoms with Crippen molar-refractivity contribution in [2.45, 2.75) is 0 Å². The molecule has 0 saturated heterocycles. The van der Waals surface area contributed by atoms with Gasteiger partial charge in [-0.3, -0.25) is 14.5 Å². The average molecular weight is 164 g/mol. The van der Waals surface area contributed by atoms with Crippen molar-refractivity contribution in [1.82, 2.24) is 9.47 Å². The number of carbonyl (C=O) groups is 2. The van der Waals surface area contributed by atoms with E-state index in [2.05, 4.69) is 0 Å². The summed E-state index contributed by atoms with van der Waals surface area (Å²) in [7, 11) is 3.28. The first-order chi connectivity index (χ1) is 5.61. The van der Waals surface area contributed by atoms with Crippen molar-refractivity contribution >= 4 is 11.8 Å². The lowest BCUT2D eigenvalue weighted by molar-refractivity contribution is 0.0691. The number of rotatable bonds is 0. The summed E-state index contributed by atoms with van der Waals surface area (Å²) in [4.78, 5) is 23.8. The highest BCUT2D eigenvalue weighted by molar-refractivity contribution is 6.21. The number of nitrogens with zero attached hydrogens (tertiary/aromatic N) is 2. The highest BCUT2D eigenvalue weighted by atomic mass is 16.2. The highest BCUT2D eigenvalue weighted by Crippen LogP contribution is 2.21. The molecule has 0 saturated carbocycles. The molecule has 0 radical (unpaired) electrons. The van der Waals surface area contributed by atoms with Crippen LogP contribution in [-0.2, 0) is 7.05 Å². The van der Waals surface area contributed by atoms with Crippen LogP contribution in [0, 0.1) is 0 Å². The zero-order valence-corrected chi connectivity index (χ0v) is 6.87. The molecule has 2 rings (SSSR count). The summed E-state index contributed by atoms with van der Waals surface area (Å²) < 4.78 is 1.72. The molecule has 1 aromatic heterocycles. The fourth-order valence-corrected chi connectivity index (χ4v) is 1.38. The van der Waals surface area contributed by atoms with Gasteiger partial charge in [0, 0.05) is 26.5 Å². The summed E-state index contributed by atoms with van der Waals surface area (Å²) in [5.41, 5.74) is 1.01. The van der Waals surface area contributed by atoms with Crippen LogP contribution in [0.5, 0.6) is 0 Å². The van der Waals surface area contributed by atoms with E-state index in [0.29, 0.717) is 11.1 Å². The van der Waals surface area contributed by atoms with Crippen molar-refractivity contribution in [2.24, 2.45) is 7.05 Å². The third-order valence-electron chi connectivity index (χ3n) is 2.03. The maximum absolute atomic E-state index is 11.3. The number of aryl methyl sites for hydroxylation is 1. The van der Waals surface area contributed by atoms with Crippen molar-refractivity contribution in [3.63, 3.8) is 0 Å². The molecule has 0 unspecified atom stereocenters. The molecule has 4 nitrogen and oxygen atoms in total. The van der Waals surface area contributed by atoms with Gasteiger partial charge in [-0.25, -0.2) is 0 Å². The van der Waals surface area contributed by atoms with Gasteiger partial charge in [-0.15, -0.1) is 0 Å². The Labute approximate surface area is 69.4 Å². The molecular formula is C8H8N2O2. The lowest BCUT2D eigenvalue weighted by atomic mass is 10.2. The second-order valence-corrected chi connectivity index (χ2v) is 2.92. The van der Waals surface area contributed by atoms with E-state index >= 15 is 0 Å². The second-order valence-electron chi connectivity index (χ2n) is 2.92. The first-order valence-electron chi connectivity index (χ1n) is 3.59. The van der Waals surface area contributed by atoms with Gasteiger partial charge in [-0.1, -0.05) is 0 Å². The van der Waals surface area contributed by atoms with Crippen molar-refractivity contribution < 1.29 is 9.59 Å². The largest absolute Gasteiger partial charge is 0.356 e. The zero-order chi connectivity index (χ0) is 8.88. The van der Waals surface area contributed by atoms with Gasteiger partial charge < -0.3 is 4.57 Å². The monoisotopic (exact) mass is 164 g/mol. The molecule has 4 heteroatoms. The van der Waals surface area contributed by atoms with E-state index in [1.165, 1.54) is 7.05 Å². The number of amides is 2. The highest BCUT2D eigenvalue weighted by Gasteiger charge is 2.33. The Bertz CT molecular complexity index is 345. The Morgan fingerprint density at radius 1 is 1.00 bits per heavy atom. The SMILES string of the molecule is CN1C(=O)c2cn(C)cc2C1=O. The Morgan fingerprint density at radius 3 is 1.83 bits per heavy atom. The molecule has 0 bridgehead atoms. The summed E-state index contributed by atoms with van der Waals surface area (Å²) in [5, 5.41) is 0. The molecule has 1 aromatic rings. The van der Waals surface area contributed by atoms with Gasteiger partial charge in [0.05, 0.1) is 11.1 Å². The van der Waals surface area contributed by atoms with Crippen molar-refractivity contribution in [3.8, 4) is 0 Å². The van der Waals surface area contributed by atoms with Crippen LogP contribution in [0.4, 0.5) is 0 Å². The molecule has 62 valence electrons. The average Bonchev–Trinajstić information content (AvgIpc) is 2.49. The Balaban J connectivity index is 2.64. The maximum atomic E-state index is 11.3. The topological polar surface area (TPSA) is 42.3 Å². The third kappa shape index (κ3) is 0.664. The van der Waals surface area contributed by atoms with Crippen LogP contribution in [0.1, 0.15) is 20.7 Å². The minimum Gasteiger partial charge on any atom is -0.356 e. The molecule has 0 aromatic carbocycles. The van der Waals surface area contributed by atoms with E-state index in [9.17, 15) is 9.59 Å². The fourth-order valence-electron chi connectivity index (χ4n) is 1.38. The van der Waals surface area contributed by atoms with Gasteiger partial charge in [0.2, 0.25) is 0 Å². The predicted molar refractivity (Wildman–Crippen MR) is 41.8 cm³/mol. The van der Waals surface area contributed by atoms with Crippen LogP contribution in [0.3, 0.4) is 0 Å². The van der Waals surface area contributed by atoms with Crippen LogP contribution >= 0.6 is 0 Å². The Kier molecular flexibility index (Phi) is 1.16. The molecule has 0 atom stereocenters. The molecule has 12 heavy (non-hydrogen) atoms. The van der Waals surface area contributed by atoms with Gasteiger partial charge in [0.1, 0.15) is 0 Å². The quantitative estimate of drug-likeness (QED) is 0.516. The molecule has 2 amide bonds. The van der Waals surface area contributed by atoms with Crippen LogP contribution in [0.2, 0.25) is 0 Å². The molecule has 0 fully saturated rings. The van der Waals surface area contributed by atoms with E-state index in [-0.39, 0.29) is 11.8 Å². The van der Waals surface area contributed by atoms with Crippen LogP contribution in [0.25, 0.3) is 0 Å². The number of aromatic nitrogens is 1. The lowest BCUT2D eigenvalue weighted by Crippen LogP contribution is -2.24. The minimum absolute atomic E-state index is 0.212. The summed E-state index contributed by atoms with van der Waals surface area (Å²) in [6, 6.07) is 0. The van der Waals surface area contributed by atoms with E-state index in [4.69, 9.17) is 0 Å². The van der Waals surface area contributed by atoms with Gasteiger partial charge in [0.25, 0.3) is 11.8 Å². The van der Waals surface area contributed by atoms with Crippen LogP contribution in [-0.4, -0.2) is 28.3 Å². The summed E-state index contributed by atoms with van der Waals surface area (Å²) in [6.07, 6.45) is 3.33. The molecule has 0 N–H and O–H groups in total. The number of hydrogen-bond acceptors (Lipinski definition) is 2.